The number of carbonyl (C=O) groups excluding carboxylic acids is 1. The minimum atomic E-state index is -0.169. The molecule has 6 heteroatoms. The number of allylic oxidation sites excluding steroid dienone is 1. The molecule has 1 heterocycles. The fraction of sp³-hybridized carbons (Fsp3) is 0.348. The van der Waals surface area contributed by atoms with Crippen LogP contribution in [0.25, 0.3) is 6.08 Å². The van der Waals surface area contributed by atoms with Crippen LogP contribution in [0.3, 0.4) is 0 Å². The number of benzene rings is 2. The zero-order chi connectivity index (χ0) is 20.8. The predicted octanol–water partition coefficient (Wildman–Crippen LogP) is 1.99. The van der Waals surface area contributed by atoms with E-state index in [0.717, 1.165) is 24.2 Å². The molecule has 0 spiro atoms. The maximum atomic E-state index is 12.8. The van der Waals surface area contributed by atoms with Gasteiger partial charge in [0.1, 0.15) is 25.4 Å². The van der Waals surface area contributed by atoms with Crippen LogP contribution in [0.4, 0.5) is 0 Å². The van der Waals surface area contributed by atoms with Gasteiger partial charge in [0.05, 0.1) is 24.3 Å². The van der Waals surface area contributed by atoms with Gasteiger partial charge in [0.15, 0.2) is 11.5 Å². The highest BCUT2D eigenvalue weighted by atomic mass is 16.5. The molecule has 3 rings (SSSR count). The number of hydrogen-bond donors (Lipinski definition) is 2. The second-order valence-corrected chi connectivity index (χ2v) is 7.20. The van der Waals surface area contributed by atoms with E-state index in [2.05, 4.69) is 0 Å². The molecule has 1 aliphatic heterocycles. The number of Topliss-reactive ketones (excluding diaryl/α,β-unsaturated/α-hetero) is 1. The number of quaternary nitrogens is 1. The first-order valence-corrected chi connectivity index (χ1v) is 9.70. The first-order valence-electron chi connectivity index (χ1n) is 9.70. The van der Waals surface area contributed by atoms with Crippen molar-refractivity contribution in [3.05, 3.63) is 64.4 Å². The van der Waals surface area contributed by atoms with Crippen LogP contribution in [-0.4, -0.2) is 51.4 Å². The van der Waals surface area contributed by atoms with Crippen molar-refractivity contribution in [2.75, 3.05) is 40.5 Å². The van der Waals surface area contributed by atoms with E-state index in [-0.39, 0.29) is 17.3 Å². The molecule has 6 nitrogen and oxygen atoms in total. The zero-order valence-electron chi connectivity index (χ0n) is 17.2. The van der Waals surface area contributed by atoms with E-state index >= 15 is 0 Å². The van der Waals surface area contributed by atoms with Crippen molar-refractivity contribution in [2.45, 2.75) is 13.5 Å². The summed E-state index contributed by atoms with van der Waals surface area (Å²) >= 11 is 0. The minimum absolute atomic E-state index is 0.125. The molecule has 0 atom stereocenters. The van der Waals surface area contributed by atoms with Crippen LogP contribution < -0.4 is 9.64 Å². The Bertz CT molecular complexity index is 881. The number of nitrogens with one attached hydrogen (secondary N) is 1. The van der Waals surface area contributed by atoms with Crippen LogP contribution in [0.2, 0.25) is 0 Å². The number of aryl methyl sites for hydroxylation is 1. The lowest BCUT2D eigenvalue weighted by molar-refractivity contribution is -0.914. The van der Waals surface area contributed by atoms with Gasteiger partial charge in [0.2, 0.25) is 5.78 Å². The number of hydrogen-bond acceptors (Lipinski definition) is 5. The molecule has 0 aromatic heterocycles. The van der Waals surface area contributed by atoms with Gasteiger partial charge >= 0.3 is 0 Å². The summed E-state index contributed by atoms with van der Waals surface area (Å²) in [6.07, 6.45) is 1.74. The third kappa shape index (κ3) is 5.03. The lowest BCUT2D eigenvalue weighted by Crippen LogP contribution is -3.11. The van der Waals surface area contributed by atoms with E-state index in [1.165, 1.54) is 4.90 Å². The zero-order valence-corrected chi connectivity index (χ0v) is 17.2. The molecule has 2 N–H and O–H groups in total. The number of aromatic hydroxyl groups is 1. The van der Waals surface area contributed by atoms with Gasteiger partial charge in [-0.15, -0.1) is 0 Å². The van der Waals surface area contributed by atoms with Crippen LogP contribution in [-0.2, 0) is 16.0 Å². The van der Waals surface area contributed by atoms with E-state index in [4.69, 9.17) is 14.2 Å². The SMILES string of the molecule is COCC[NH+](CCOC)Cc1c(O)ccc2c1O/C(=C/c1ccc(C)cc1)C2=O. The number of methoxy groups -OCH3 is 2. The van der Waals surface area contributed by atoms with Gasteiger partial charge in [-0.05, 0) is 30.7 Å². The third-order valence-corrected chi connectivity index (χ3v) is 5.04. The largest absolute Gasteiger partial charge is 0.507 e. The molecule has 0 amide bonds. The topological polar surface area (TPSA) is 69.4 Å². The minimum Gasteiger partial charge on any atom is -0.507 e. The van der Waals surface area contributed by atoms with E-state index in [1.54, 1.807) is 32.4 Å². The Hall–Kier alpha value is -2.67. The Morgan fingerprint density at radius 1 is 1.03 bits per heavy atom. The average molecular weight is 398 g/mol. The van der Waals surface area contributed by atoms with E-state index in [0.29, 0.717) is 36.6 Å². The van der Waals surface area contributed by atoms with Crippen LogP contribution >= 0.6 is 0 Å². The van der Waals surface area contributed by atoms with Gasteiger partial charge in [0, 0.05) is 14.2 Å². The number of phenols is 1. The highest BCUT2D eigenvalue weighted by molar-refractivity contribution is 6.14. The van der Waals surface area contributed by atoms with Gasteiger partial charge in [0.25, 0.3) is 0 Å². The molecule has 2 aromatic carbocycles. The predicted molar refractivity (Wildman–Crippen MR) is 110 cm³/mol. The summed E-state index contributed by atoms with van der Waals surface area (Å²) in [5, 5.41) is 10.5. The van der Waals surface area contributed by atoms with Crippen molar-refractivity contribution >= 4 is 11.9 Å². The fourth-order valence-corrected chi connectivity index (χ4v) is 3.33. The van der Waals surface area contributed by atoms with Crippen molar-refractivity contribution < 1.29 is 29.0 Å². The monoisotopic (exact) mass is 398 g/mol. The number of fused-ring (bicyclic) bond motifs is 1. The third-order valence-electron chi connectivity index (χ3n) is 5.04. The van der Waals surface area contributed by atoms with Crippen molar-refractivity contribution in [3.63, 3.8) is 0 Å². The molecule has 0 saturated carbocycles. The van der Waals surface area contributed by atoms with Crippen LogP contribution in [0.15, 0.2) is 42.2 Å². The Morgan fingerprint density at radius 2 is 1.69 bits per heavy atom. The summed E-state index contributed by atoms with van der Waals surface area (Å²) in [7, 11) is 3.32. The Morgan fingerprint density at radius 3 is 2.31 bits per heavy atom. The van der Waals surface area contributed by atoms with Gasteiger partial charge in [-0.2, -0.15) is 0 Å². The molecule has 2 aromatic rings. The molecule has 0 saturated heterocycles. The van der Waals surface area contributed by atoms with Crippen LogP contribution in [0, 0.1) is 6.92 Å². The standard InChI is InChI=1S/C23H27NO5/c1-16-4-6-17(7-5-16)14-21-22(26)18-8-9-20(25)19(23(18)29-21)15-24(10-12-27-2)11-13-28-3/h4-9,14,25H,10-13,15H2,1-3H3/p+1/b21-14+. The highest BCUT2D eigenvalue weighted by Crippen LogP contribution is 2.39. The molecule has 0 bridgehead atoms. The van der Waals surface area contributed by atoms with E-state index in [1.807, 2.05) is 31.2 Å². The number of ketones is 1. The van der Waals surface area contributed by atoms with Gasteiger partial charge in [-0.3, -0.25) is 4.79 Å². The number of rotatable bonds is 9. The average Bonchev–Trinajstić information content (AvgIpc) is 3.03. The van der Waals surface area contributed by atoms with Crippen molar-refractivity contribution in [1.29, 1.82) is 0 Å². The summed E-state index contributed by atoms with van der Waals surface area (Å²) < 4.78 is 16.4. The van der Waals surface area contributed by atoms with Gasteiger partial charge in [-0.1, -0.05) is 29.8 Å². The molecule has 0 radical (unpaired) electrons. The van der Waals surface area contributed by atoms with Crippen LogP contribution in [0.5, 0.6) is 11.5 Å². The maximum Gasteiger partial charge on any atom is 0.231 e. The Kier molecular flexibility index (Phi) is 7.04. The molecule has 154 valence electrons. The lowest BCUT2D eigenvalue weighted by atomic mass is 10.0. The first kappa shape index (κ1) is 21.0. The molecule has 0 unspecified atom stereocenters. The molecule has 29 heavy (non-hydrogen) atoms. The molecule has 0 fully saturated rings. The smallest absolute Gasteiger partial charge is 0.231 e. The van der Waals surface area contributed by atoms with Gasteiger partial charge in [-0.25, -0.2) is 0 Å². The number of phenolic OH excluding ortho intramolecular Hbond substituents is 1. The number of ether oxygens (including phenoxy) is 3. The maximum absolute atomic E-state index is 12.8. The fourth-order valence-electron chi connectivity index (χ4n) is 3.33. The van der Waals surface area contributed by atoms with Gasteiger partial charge < -0.3 is 24.2 Å². The number of carbonyl (C=O) groups is 1. The molecule has 1 aliphatic rings. The van der Waals surface area contributed by atoms with Crippen molar-refractivity contribution in [2.24, 2.45) is 0 Å². The quantitative estimate of drug-likeness (QED) is 0.633. The molecular weight excluding hydrogens is 370 g/mol. The molecular formula is C23H28NO5+. The van der Waals surface area contributed by atoms with E-state index < -0.39 is 0 Å². The second kappa shape index (κ2) is 9.69. The first-order chi connectivity index (χ1) is 14.0. The summed E-state index contributed by atoms with van der Waals surface area (Å²) in [6.45, 7) is 5.21. The van der Waals surface area contributed by atoms with Crippen LogP contribution in [0.1, 0.15) is 27.0 Å². The lowest BCUT2D eigenvalue weighted by Gasteiger charge is -2.20. The Balaban J connectivity index is 1.88. The Labute approximate surface area is 171 Å². The summed E-state index contributed by atoms with van der Waals surface area (Å²) in [5.41, 5.74) is 3.15. The normalized spacial score (nSPS) is 14.5. The highest BCUT2D eigenvalue weighted by Gasteiger charge is 2.32. The van der Waals surface area contributed by atoms with Crippen molar-refractivity contribution in [1.82, 2.24) is 0 Å². The summed E-state index contributed by atoms with van der Waals surface area (Å²) in [6, 6.07) is 11.1. The second-order valence-electron chi connectivity index (χ2n) is 7.20. The van der Waals surface area contributed by atoms with Crippen molar-refractivity contribution in [3.8, 4) is 11.5 Å². The summed E-state index contributed by atoms with van der Waals surface area (Å²) in [5.74, 6) is 0.671. The van der Waals surface area contributed by atoms with E-state index in [9.17, 15) is 9.90 Å². The molecule has 0 aliphatic carbocycles. The summed E-state index contributed by atoms with van der Waals surface area (Å²) in [4.78, 5) is 14.0.